The minimum Gasteiger partial charge on any atom is -0.490 e. The van der Waals surface area contributed by atoms with E-state index in [1.54, 1.807) is 18.2 Å². The molecule has 1 saturated heterocycles. The minimum atomic E-state index is -0.423. The summed E-state index contributed by atoms with van der Waals surface area (Å²) in [5.41, 5.74) is 2.84. The van der Waals surface area contributed by atoms with Gasteiger partial charge in [0, 0.05) is 12.5 Å². The number of hydrogen-bond donors (Lipinski definition) is 1. The van der Waals surface area contributed by atoms with Crippen molar-refractivity contribution in [2.24, 2.45) is 0 Å². The van der Waals surface area contributed by atoms with Gasteiger partial charge in [-0.15, -0.1) is 12.4 Å². The number of benzene rings is 4. The molecule has 7 nitrogen and oxygen atoms in total. The Morgan fingerprint density at radius 3 is 2.58 bits per heavy atom. The molecule has 2 heterocycles. The molecule has 6 rings (SSSR count). The molecule has 8 heteroatoms. The predicted octanol–water partition coefficient (Wildman–Crippen LogP) is 5.89. The van der Waals surface area contributed by atoms with Crippen LogP contribution < -0.4 is 19.5 Å². The van der Waals surface area contributed by atoms with Crippen molar-refractivity contribution in [1.82, 2.24) is 5.32 Å². The maximum atomic E-state index is 12.3. The lowest BCUT2D eigenvalue weighted by molar-refractivity contribution is 0.0106. The highest BCUT2D eigenvalue weighted by Crippen LogP contribution is 2.33. The zero-order valence-electron chi connectivity index (χ0n) is 22.0. The first kappa shape index (κ1) is 27.8. The molecule has 0 bridgehead atoms. The highest BCUT2D eigenvalue weighted by molar-refractivity contribution is 5.90. The summed E-state index contributed by atoms with van der Waals surface area (Å²) in [6.45, 7) is 2.95. The van der Waals surface area contributed by atoms with Gasteiger partial charge < -0.3 is 29.0 Å². The quantitative estimate of drug-likeness (QED) is 0.202. The number of rotatable bonds is 9. The van der Waals surface area contributed by atoms with E-state index in [2.05, 4.69) is 59.9 Å². The maximum Gasteiger partial charge on any atom is 0.338 e. The molecule has 2 aliphatic heterocycles. The first-order valence-corrected chi connectivity index (χ1v) is 13.3. The number of carbonyl (C=O) groups excluding carboxylic acids is 1. The SMILES string of the molecule is Cl.O=C(OCCOc1ccc(C2CCNCC2OCc2ccc3ccccc3c2)cc1)c1ccc2c(c1)OCO2. The molecule has 0 saturated carbocycles. The van der Waals surface area contributed by atoms with E-state index in [1.807, 2.05) is 12.1 Å². The lowest BCUT2D eigenvalue weighted by Crippen LogP contribution is -2.40. The van der Waals surface area contributed by atoms with E-state index in [0.29, 0.717) is 29.6 Å². The van der Waals surface area contributed by atoms with Gasteiger partial charge in [0.15, 0.2) is 11.5 Å². The Labute approximate surface area is 239 Å². The third-order valence-electron chi connectivity index (χ3n) is 7.21. The van der Waals surface area contributed by atoms with E-state index in [4.69, 9.17) is 23.7 Å². The van der Waals surface area contributed by atoms with Crippen molar-refractivity contribution < 1.29 is 28.5 Å². The predicted molar refractivity (Wildman–Crippen MR) is 155 cm³/mol. The van der Waals surface area contributed by atoms with E-state index in [9.17, 15) is 4.79 Å². The van der Waals surface area contributed by atoms with Crippen molar-refractivity contribution >= 4 is 29.1 Å². The topological polar surface area (TPSA) is 75.3 Å². The number of piperidine rings is 1. The third kappa shape index (κ3) is 6.50. The van der Waals surface area contributed by atoms with Crippen LogP contribution in [0.3, 0.4) is 0 Å². The Hall–Kier alpha value is -3.78. The Balaban J connectivity index is 0.00000323. The second-order valence-electron chi connectivity index (χ2n) is 9.75. The summed E-state index contributed by atoms with van der Waals surface area (Å²) in [6, 6.07) is 28.0. The maximum absolute atomic E-state index is 12.3. The second kappa shape index (κ2) is 13.0. The largest absolute Gasteiger partial charge is 0.490 e. The summed E-state index contributed by atoms with van der Waals surface area (Å²) in [6.07, 6.45) is 1.10. The van der Waals surface area contributed by atoms with Gasteiger partial charge in [0.05, 0.1) is 18.3 Å². The standard InChI is InChI=1S/C32H31NO6.ClH/c34-32(26-9-12-29-30(18-26)39-21-38-29)36-16-15-35-27-10-7-24(8-11-27)28-13-14-33-19-31(28)37-20-22-5-6-23-3-1-2-4-25(23)17-22;/h1-12,17-18,28,31,33H,13-16,19-21H2;1H. The first-order valence-electron chi connectivity index (χ1n) is 13.3. The molecule has 0 aromatic heterocycles. The fourth-order valence-corrected chi connectivity index (χ4v) is 5.13. The fourth-order valence-electron chi connectivity index (χ4n) is 5.13. The average molecular weight is 562 g/mol. The average Bonchev–Trinajstić information content (AvgIpc) is 3.47. The smallest absolute Gasteiger partial charge is 0.338 e. The molecule has 4 aromatic rings. The number of esters is 1. The molecule has 0 amide bonds. The molecule has 1 N–H and O–H groups in total. The Kier molecular flexibility index (Phi) is 9.06. The summed E-state index contributed by atoms with van der Waals surface area (Å²) >= 11 is 0. The van der Waals surface area contributed by atoms with Crippen LogP contribution in [0, 0.1) is 0 Å². The van der Waals surface area contributed by atoms with E-state index in [0.717, 1.165) is 25.3 Å². The van der Waals surface area contributed by atoms with Crippen LogP contribution in [0.25, 0.3) is 10.8 Å². The number of fused-ring (bicyclic) bond motifs is 2. The third-order valence-corrected chi connectivity index (χ3v) is 7.21. The Bertz CT molecular complexity index is 1440. The van der Waals surface area contributed by atoms with Crippen LogP contribution in [-0.4, -0.2) is 45.2 Å². The van der Waals surface area contributed by atoms with Gasteiger partial charge in [-0.3, -0.25) is 0 Å². The van der Waals surface area contributed by atoms with Gasteiger partial charge in [-0.05, 0) is 71.3 Å². The van der Waals surface area contributed by atoms with Crippen LogP contribution in [-0.2, 0) is 16.1 Å². The zero-order chi connectivity index (χ0) is 26.4. The normalized spacial score (nSPS) is 17.7. The van der Waals surface area contributed by atoms with Gasteiger partial charge in [-0.2, -0.15) is 0 Å². The van der Waals surface area contributed by atoms with Gasteiger partial charge in [0.25, 0.3) is 0 Å². The Morgan fingerprint density at radius 1 is 0.875 bits per heavy atom. The molecule has 2 atom stereocenters. The summed E-state index contributed by atoms with van der Waals surface area (Å²) in [4.78, 5) is 12.3. The molecule has 4 aromatic carbocycles. The molecule has 40 heavy (non-hydrogen) atoms. The van der Waals surface area contributed by atoms with Gasteiger partial charge in [-0.1, -0.05) is 48.5 Å². The van der Waals surface area contributed by atoms with Crippen molar-refractivity contribution in [1.29, 1.82) is 0 Å². The van der Waals surface area contributed by atoms with Crippen molar-refractivity contribution in [3.63, 3.8) is 0 Å². The number of carbonyl (C=O) groups is 1. The molecule has 2 unspecified atom stereocenters. The first-order chi connectivity index (χ1) is 19.2. The van der Waals surface area contributed by atoms with Crippen molar-refractivity contribution in [3.8, 4) is 17.2 Å². The molecule has 0 radical (unpaired) electrons. The van der Waals surface area contributed by atoms with E-state index >= 15 is 0 Å². The van der Waals surface area contributed by atoms with Gasteiger partial charge in [0.2, 0.25) is 6.79 Å². The highest BCUT2D eigenvalue weighted by atomic mass is 35.5. The van der Waals surface area contributed by atoms with Crippen molar-refractivity contribution in [2.75, 3.05) is 33.1 Å². The van der Waals surface area contributed by atoms with Crippen LogP contribution in [0.2, 0.25) is 0 Å². The minimum absolute atomic E-state index is 0. The number of nitrogens with one attached hydrogen (secondary N) is 1. The number of ether oxygens (including phenoxy) is 5. The summed E-state index contributed by atoms with van der Waals surface area (Å²) in [7, 11) is 0. The van der Waals surface area contributed by atoms with Crippen LogP contribution in [0.5, 0.6) is 17.2 Å². The van der Waals surface area contributed by atoms with Gasteiger partial charge in [0.1, 0.15) is 19.0 Å². The lowest BCUT2D eigenvalue weighted by atomic mass is 9.87. The van der Waals surface area contributed by atoms with Crippen LogP contribution in [0.1, 0.15) is 33.8 Å². The van der Waals surface area contributed by atoms with E-state index in [-0.39, 0.29) is 38.5 Å². The van der Waals surface area contributed by atoms with Crippen LogP contribution in [0.15, 0.2) is 84.9 Å². The monoisotopic (exact) mass is 561 g/mol. The van der Waals surface area contributed by atoms with Gasteiger partial charge >= 0.3 is 5.97 Å². The molecular formula is C32H32ClNO6. The molecule has 0 aliphatic carbocycles. The van der Waals surface area contributed by atoms with Crippen LogP contribution in [0.4, 0.5) is 0 Å². The lowest BCUT2D eigenvalue weighted by Gasteiger charge is -2.32. The second-order valence-corrected chi connectivity index (χ2v) is 9.75. The van der Waals surface area contributed by atoms with Crippen molar-refractivity contribution in [2.45, 2.75) is 25.0 Å². The highest BCUT2D eigenvalue weighted by Gasteiger charge is 2.27. The van der Waals surface area contributed by atoms with Crippen LogP contribution >= 0.6 is 12.4 Å². The summed E-state index contributed by atoms with van der Waals surface area (Å²) in [5, 5.41) is 5.95. The van der Waals surface area contributed by atoms with E-state index < -0.39 is 5.97 Å². The summed E-state index contributed by atoms with van der Waals surface area (Å²) in [5.74, 6) is 1.80. The van der Waals surface area contributed by atoms with E-state index in [1.165, 1.54) is 21.9 Å². The molecular weight excluding hydrogens is 530 g/mol. The zero-order valence-corrected chi connectivity index (χ0v) is 22.9. The molecule has 1 fully saturated rings. The fraction of sp³-hybridized carbons (Fsp3) is 0.281. The summed E-state index contributed by atoms with van der Waals surface area (Å²) < 4.78 is 28.2. The van der Waals surface area contributed by atoms with Crippen molar-refractivity contribution in [3.05, 3.63) is 102 Å². The molecule has 208 valence electrons. The molecule has 2 aliphatic rings. The molecule has 0 spiro atoms. The Morgan fingerprint density at radius 2 is 1.70 bits per heavy atom. The number of hydrogen-bond acceptors (Lipinski definition) is 7. The van der Waals surface area contributed by atoms with Gasteiger partial charge in [-0.25, -0.2) is 4.79 Å². The number of halogens is 1.